The fraction of sp³-hybridized carbons (Fsp3) is 1.00. The molecule has 1 atom stereocenters. The van der Waals surface area contributed by atoms with Crippen LogP contribution in [0.5, 0.6) is 0 Å². The lowest BCUT2D eigenvalue weighted by molar-refractivity contribution is 0.134. The minimum atomic E-state index is 0.556. The molecule has 1 saturated carbocycles. The molecule has 1 nitrogen and oxygen atoms in total. The fourth-order valence-electron chi connectivity index (χ4n) is 3.73. The molecule has 0 amide bonds. The summed E-state index contributed by atoms with van der Waals surface area (Å²) >= 11 is 4.63. The van der Waals surface area contributed by atoms with Crippen LogP contribution in [0.3, 0.4) is 0 Å². The minimum absolute atomic E-state index is 0.556. The van der Waals surface area contributed by atoms with Gasteiger partial charge in [-0.05, 0) is 49.3 Å². The van der Waals surface area contributed by atoms with Crippen LogP contribution in [0.25, 0.3) is 0 Å². The molecule has 2 fully saturated rings. The third-order valence-electron chi connectivity index (χ3n) is 4.72. The highest BCUT2D eigenvalue weighted by Gasteiger charge is 2.37. The highest BCUT2D eigenvalue weighted by Crippen LogP contribution is 2.41. The van der Waals surface area contributed by atoms with Gasteiger partial charge >= 0.3 is 0 Å². The van der Waals surface area contributed by atoms with E-state index in [9.17, 15) is 0 Å². The zero-order chi connectivity index (χ0) is 11.6. The van der Waals surface area contributed by atoms with E-state index in [0.717, 1.165) is 17.7 Å². The first-order chi connectivity index (χ1) is 7.67. The van der Waals surface area contributed by atoms with E-state index < -0.39 is 0 Å². The van der Waals surface area contributed by atoms with Gasteiger partial charge in [0.2, 0.25) is 0 Å². The van der Waals surface area contributed by atoms with Gasteiger partial charge < -0.3 is 0 Å². The van der Waals surface area contributed by atoms with Gasteiger partial charge in [0.05, 0.1) is 0 Å². The molecule has 1 aliphatic carbocycles. The monoisotopic (exact) mass is 241 g/mol. The molecule has 2 heteroatoms. The number of nitrogens with zero attached hydrogens (tertiary/aromatic N) is 1. The molecule has 0 radical (unpaired) electrons. The van der Waals surface area contributed by atoms with Crippen LogP contribution in [-0.4, -0.2) is 29.8 Å². The summed E-state index contributed by atoms with van der Waals surface area (Å²) in [6.07, 6.45) is 8.52. The van der Waals surface area contributed by atoms with Crippen LogP contribution in [0.15, 0.2) is 0 Å². The van der Waals surface area contributed by atoms with Crippen molar-refractivity contribution in [2.45, 2.75) is 58.4 Å². The second-order valence-corrected chi connectivity index (χ2v) is 6.61. The number of likely N-dealkylation sites (tertiary alicyclic amines) is 1. The molecule has 0 spiro atoms. The standard InChI is InChI=1S/C14H27NS/c1-12(2)13-6-5-9-15(13)10-14(11-16)7-3-4-8-14/h12-13,16H,3-11H2,1-2H3. The van der Waals surface area contributed by atoms with Gasteiger partial charge in [-0.1, -0.05) is 26.7 Å². The Morgan fingerprint density at radius 2 is 1.94 bits per heavy atom. The summed E-state index contributed by atoms with van der Waals surface area (Å²) in [5, 5.41) is 0. The van der Waals surface area contributed by atoms with Crippen LogP contribution >= 0.6 is 12.6 Å². The first-order valence-electron chi connectivity index (χ1n) is 7.02. The van der Waals surface area contributed by atoms with Crippen molar-refractivity contribution in [2.75, 3.05) is 18.8 Å². The molecule has 1 heterocycles. The molecular formula is C14H27NS. The molecular weight excluding hydrogens is 214 g/mol. The Kier molecular flexibility index (Phi) is 4.23. The van der Waals surface area contributed by atoms with Crippen molar-refractivity contribution in [2.24, 2.45) is 11.3 Å². The summed E-state index contributed by atoms with van der Waals surface area (Å²) in [5.74, 6) is 1.91. The second-order valence-electron chi connectivity index (χ2n) is 6.29. The normalized spacial score (nSPS) is 30.4. The maximum atomic E-state index is 4.63. The Bertz CT molecular complexity index is 221. The molecule has 1 unspecified atom stereocenters. The molecule has 0 aromatic carbocycles. The van der Waals surface area contributed by atoms with E-state index in [2.05, 4.69) is 31.4 Å². The van der Waals surface area contributed by atoms with Gasteiger partial charge in [0.1, 0.15) is 0 Å². The van der Waals surface area contributed by atoms with Crippen molar-refractivity contribution in [1.29, 1.82) is 0 Å². The van der Waals surface area contributed by atoms with E-state index in [-0.39, 0.29) is 0 Å². The quantitative estimate of drug-likeness (QED) is 0.736. The van der Waals surface area contributed by atoms with Crippen LogP contribution in [0.1, 0.15) is 52.4 Å². The van der Waals surface area contributed by atoms with Gasteiger partial charge in [-0.25, -0.2) is 0 Å². The maximum absolute atomic E-state index is 4.63. The summed E-state index contributed by atoms with van der Waals surface area (Å²) in [7, 11) is 0. The van der Waals surface area contributed by atoms with Crippen molar-refractivity contribution in [3.05, 3.63) is 0 Å². The molecule has 1 saturated heterocycles. The van der Waals surface area contributed by atoms with Crippen molar-refractivity contribution >= 4 is 12.6 Å². The van der Waals surface area contributed by atoms with Gasteiger partial charge in [0.25, 0.3) is 0 Å². The van der Waals surface area contributed by atoms with Crippen molar-refractivity contribution < 1.29 is 0 Å². The van der Waals surface area contributed by atoms with Crippen LogP contribution in [0.4, 0.5) is 0 Å². The summed E-state index contributed by atoms with van der Waals surface area (Å²) in [6, 6.07) is 0.845. The van der Waals surface area contributed by atoms with Crippen LogP contribution in [0, 0.1) is 11.3 Å². The topological polar surface area (TPSA) is 3.24 Å². The molecule has 0 bridgehead atoms. The number of thiol groups is 1. The van der Waals surface area contributed by atoms with E-state index in [1.807, 2.05) is 0 Å². The molecule has 16 heavy (non-hydrogen) atoms. The molecule has 0 N–H and O–H groups in total. The zero-order valence-corrected chi connectivity index (χ0v) is 11.8. The van der Waals surface area contributed by atoms with Crippen molar-refractivity contribution in [3.63, 3.8) is 0 Å². The summed E-state index contributed by atoms with van der Waals surface area (Å²) in [6.45, 7) is 7.41. The average molecular weight is 241 g/mol. The third kappa shape index (κ3) is 2.59. The van der Waals surface area contributed by atoms with Crippen LogP contribution in [-0.2, 0) is 0 Å². The van der Waals surface area contributed by atoms with Gasteiger partial charge in [0, 0.05) is 12.6 Å². The van der Waals surface area contributed by atoms with Gasteiger partial charge in [-0.15, -0.1) is 0 Å². The number of hydrogen-bond donors (Lipinski definition) is 1. The van der Waals surface area contributed by atoms with Gasteiger partial charge in [-0.2, -0.15) is 12.6 Å². The van der Waals surface area contributed by atoms with Gasteiger partial charge in [0.15, 0.2) is 0 Å². The lowest BCUT2D eigenvalue weighted by atomic mass is 9.87. The van der Waals surface area contributed by atoms with Crippen molar-refractivity contribution in [1.82, 2.24) is 4.90 Å². The summed E-state index contributed by atoms with van der Waals surface area (Å²) in [4.78, 5) is 2.77. The molecule has 2 rings (SSSR count). The lowest BCUT2D eigenvalue weighted by Crippen LogP contribution is -2.42. The predicted molar refractivity (Wildman–Crippen MR) is 74.2 cm³/mol. The van der Waals surface area contributed by atoms with E-state index in [1.165, 1.54) is 51.6 Å². The minimum Gasteiger partial charge on any atom is -0.300 e. The molecule has 2 aliphatic rings. The summed E-state index contributed by atoms with van der Waals surface area (Å²) < 4.78 is 0. The molecule has 94 valence electrons. The summed E-state index contributed by atoms with van der Waals surface area (Å²) in [5.41, 5.74) is 0.556. The molecule has 0 aromatic rings. The molecule has 0 aromatic heterocycles. The first kappa shape index (κ1) is 12.8. The van der Waals surface area contributed by atoms with Crippen LogP contribution in [0.2, 0.25) is 0 Å². The molecule has 1 aliphatic heterocycles. The van der Waals surface area contributed by atoms with E-state index in [1.54, 1.807) is 0 Å². The van der Waals surface area contributed by atoms with E-state index in [4.69, 9.17) is 0 Å². The average Bonchev–Trinajstić information content (AvgIpc) is 2.88. The highest BCUT2D eigenvalue weighted by atomic mass is 32.1. The number of hydrogen-bond acceptors (Lipinski definition) is 2. The zero-order valence-electron chi connectivity index (χ0n) is 10.9. The third-order valence-corrected chi connectivity index (χ3v) is 5.39. The first-order valence-corrected chi connectivity index (χ1v) is 7.65. The predicted octanol–water partition coefficient (Wildman–Crippen LogP) is 3.60. The fourth-order valence-corrected chi connectivity index (χ4v) is 4.14. The Morgan fingerprint density at radius 3 is 2.50 bits per heavy atom. The lowest BCUT2D eigenvalue weighted by Gasteiger charge is -2.36. The van der Waals surface area contributed by atoms with Crippen LogP contribution < -0.4 is 0 Å². The number of rotatable bonds is 4. The largest absolute Gasteiger partial charge is 0.300 e. The smallest absolute Gasteiger partial charge is 0.0119 e. The highest BCUT2D eigenvalue weighted by molar-refractivity contribution is 7.80. The maximum Gasteiger partial charge on any atom is 0.0119 e. The SMILES string of the molecule is CC(C)C1CCCN1CC1(CS)CCCC1. The Balaban J connectivity index is 1.97. The Morgan fingerprint density at radius 1 is 1.25 bits per heavy atom. The Hall–Kier alpha value is 0.310. The van der Waals surface area contributed by atoms with E-state index in [0.29, 0.717) is 5.41 Å². The van der Waals surface area contributed by atoms with Crippen molar-refractivity contribution in [3.8, 4) is 0 Å². The van der Waals surface area contributed by atoms with Gasteiger partial charge in [-0.3, -0.25) is 4.90 Å². The van der Waals surface area contributed by atoms with E-state index >= 15 is 0 Å². The second kappa shape index (κ2) is 5.30. The Labute approximate surface area is 106 Å².